The molecule has 1 aromatic carbocycles. The summed E-state index contributed by atoms with van der Waals surface area (Å²) in [5.41, 5.74) is 1.81. The van der Waals surface area contributed by atoms with Crippen LogP contribution < -0.4 is 10.7 Å². The Balaban J connectivity index is 1.82. The maximum absolute atomic E-state index is 13.0. The Morgan fingerprint density at radius 3 is 2.78 bits per heavy atom. The van der Waals surface area contributed by atoms with Crippen molar-refractivity contribution in [3.63, 3.8) is 0 Å². The first-order chi connectivity index (χ1) is 10.8. The molecular weight excluding hydrogens is 303 g/mol. The van der Waals surface area contributed by atoms with Crippen LogP contribution in [0.2, 0.25) is 0 Å². The Hall–Kier alpha value is -2.77. The number of rotatable bonds is 5. The van der Waals surface area contributed by atoms with Gasteiger partial charge in [0.2, 0.25) is 5.91 Å². The lowest BCUT2D eigenvalue weighted by molar-refractivity contribution is -0.130. The van der Waals surface area contributed by atoms with Crippen molar-refractivity contribution >= 4 is 24.1 Å². The van der Waals surface area contributed by atoms with Gasteiger partial charge in [-0.1, -0.05) is 12.1 Å². The predicted octanol–water partition coefficient (Wildman–Crippen LogP) is 0.996. The first kappa shape index (κ1) is 16.6. The monoisotopic (exact) mass is 320 g/mol. The summed E-state index contributed by atoms with van der Waals surface area (Å²) in [6.07, 6.45) is 1.23. The third-order valence-corrected chi connectivity index (χ3v) is 3.26. The van der Waals surface area contributed by atoms with Gasteiger partial charge in [0.1, 0.15) is 11.4 Å². The number of carbonyl (C=O) groups is 3. The van der Waals surface area contributed by atoms with E-state index in [2.05, 4.69) is 15.8 Å². The normalized spacial score (nSPS) is 16.7. The number of amides is 4. The van der Waals surface area contributed by atoms with Crippen LogP contribution in [0.15, 0.2) is 29.4 Å². The van der Waals surface area contributed by atoms with Gasteiger partial charge in [-0.15, -0.1) is 0 Å². The van der Waals surface area contributed by atoms with Gasteiger partial charge in [-0.25, -0.2) is 14.6 Å². The Kier molecular flexibility index (Phi) is 4.73. The molecule has 0 aromatic heterocycles. The number of imide groups is 1. The molecule has 0 saturated carbocycles. The quantitative estimate of drug-likeness (QED) is 0.482. The van der Waals surface area contributed by atoms with Gasteiger partial charge in [0.05, 0.1) is 6.21 Å². The largest absolute Gasteiger partial charge is 0.325 e. The molecule has 0 spiro atoms. The first-order valence-electron chi connectivity index (χ1n) is 7.01. The molecule has 2 N–H and O–H groups in total. The zero-order valence-electron chi connectivity index (χ0n) is 12.8. The van der Waals surface area contributed by atoms with Gasteiger partial charge in [0.15, 0.2) is 0 Å². The summed E-state index contributed by atoms with van der Waals surface area (Å²) in [4.78, 5) is 36.2. The molecule has 1 saturated heterocycles. The van der Waals surface area contributed by atoms with Crippen molar-refractivity contribution in [2.24, 2.45) is 5.10 Å². The molecular formula is C15H17FN4O3. The Bertz CT molecular complexity index is 672. The SMILES string of the molecule is CC1(C)NC(=O)N(CCC(=O)N/N=C\c2cccc(F)c2)C1=O. The van der Waals surface area contributed by atoms with Crippen molar-refractivity contribution in [2.45, 2.75) is 25.8 Å². The molecule has 1 heterocycles. The molecule has 0 aliphatic carbocycles. The molecule has 2 rings (SSSR count). The fourth-order valence-electron chi connectivity index (χ4n) is 2.06. The summed E-state index contributed by atoms with van der Waals surface area (Å²) in [5, 5.41) is 6.23. The van der Waals surface area contributed by atoms with E-state index in [9.17, 15) is 18.8 Å². The van der Waals surface area contributed by atoms with Crippen LogP contribution in [0.1, 0.15) is 25.8 Å². The van der Waals surface area contributed by atoms with Crippen molar-refractivity contribution < 1.29 is 18.8 Å². The second-order valence-electron chi connectivity index (χ2n) is 5.61. The molecule has 1 fully saturated rings. The van der Waals surface area contributed by atoms with Crippen molar-refractivity contribution in [1.29, 1.82) is 0 Å². The molecule has 1 aliphatic rings. The number of hydrogen-bond acceptors (Lipinski definition) is 4. The molecule has 0 unspecified atom stereocenters. The highest BCUT2D eigenvalue weighted by atomic mass is 19.1. The maximum Gasteiger partial charge on any atom is 0.325 e. The van der Waals surface area contributed by atoms with E-state index in [1.807, 2.05) is 0 Å². The van der Waals surface area contributed by atoms with Crippen LogP contribution in [0.25, 0.3) is 0 Å². The zero-order chi connectivity index (χ0) is 17.0. The number of nitrogens with zero attached hydrogens (tertiary/aromatic N) is 2. The summed E-state index contributed by atoms with van der Waals surface area (Å²) in [6, 6.07) is 5.21. The number of hydrogen-bond donors (Lipinski definition) is 2. The average Bonchev–Trinajstić information content (AvgIpc) is 2.65. The van der Waals surface area contributed by atoms with Crippen molar-refractivity contribution in [3.8, 4) is 0 Å². The van der Waals surface area contributed by atoms with E-state index < -0.39 is 23.3 Å². The van der Waals surface area contributed by atoms with Gasteiger partial charge in [0, 0.05) is 13.0 Å². The van der Waals surface area contributed by atoms with E-state index in [-0.39, 0.29) is 18.9 Å². The first-order valence-corrected chi connectivity index (χ1v) is 7.01. The summed E-state index contributed by atoms with van der Waals surface area (Å²) in [7, 11) is 0. The summed E-state index contributed by atoms with van der Waals surface area (Å²) in [6.45, 7) is 3.16. The Morgan fingerprint density at radius 2 is 2.17 bits per heavy atom. The second-order valence-corrected chi connectivity index (χ2v) is 5.61. The topological polar surface area (TPSA) is 90.9 Å². The molecule has 0 bridgehead atoms. The van der Waals surface area contributed by atoms with Gasteiger partial charge in [-0.3, -0.25) is 14.5 Å². The highest BCUT2D eigenvalue weighted by molar-refractivity contribution is 6.06. The maximum atomic E-state index is 13.0. The lowest BCUT2D eigenvalue weighted by atomic mass is 10.1. The minimum atomic E-state index is -0.955. The minimum absolute atomic E-state index is 0.0323. The lowest BCUT2D eigenvalue weighted by Crippen LogP contribution is -2.40. The van der Waals surface area contributed by atoms with Crippen LogP contribution >= 0.6 is 0 Å². The van der Waals surface area contributed by atoms with Crippen molar-refractivity contribution in [2.75, 3.05) is 6.54 Å². The van der Waals surface area contributed by atoms with Crippen LogP contribution in [0, 0.1) is 5.82 Å². The van der Waals surface area contributed by atoms with E-state index in [1.54, 1.807) is 19.9 Å². The van der Waals surface area contributed by atoms with E-state index in [4.69, 9.17) is 0 Å². The fourth-order valence-corrected chi connectivity index (χ4v) is 2.06. The van der Waals surface area contributed by atoms with E-state index >= 15 is 0 Å². The Labute approximate surface area is 132 Å². The molecule has 0 radical (unpaired) electrons. The fraction of sp³-hybridized carbons (Fsp3) is 0.333. The average molecular weight is 320 g/mol. The van der Waals surface area contributed by atoms with Gasteiger partial charge >= 0.3 is 6.03 Å². The predicted molar refractivity (Wildman–Crippen MR) is 81.1 cm³/mol. The standard InChI is InChI=1S/C15H17FN4O3/c1-15(2)13(22)20(14(23)18-15)7-6-12(21)19-17-9-10-4-3-5-11(16)8-10/h3-5,8-9H,6-7H2,1-2H3,(H,18,23)(H,19,21)/b17-9-. The number of urea groups is 1. The summed E-state index contributed by atoms with van der Waals surface area (Å²) >= 11 is 0. The molecule has 1 aromatic rings. The molecule has 122 valence electrons. The van der Waals surface area contributed by atoms with Gasteiger partial charge in [-0.05, 0) is 31.5 Å². The van der Waals surface area contributed by atoms with E-state index in [1.165, 1.54) is 24.4 Å². The molecule has 0 atom stereocenters. The van der Waals surface area contributed by atoms with Crippen molar-refractivity contribution in [3.05, 3.63) is 35.6 Å². The lowest BCUT2D eigenvalue weighted by Gasteiger charge is -2.15. The van der Waals surface area contributed by atoms with Gasteiger partial charge < -0.3 is 5.32 Å². The van der Waals surface area contributed by atoms with Gasteiger partial charge in [-0.2, -0.15) is 5.10 Å². The summed E-state index contributed by atoms with van der Waals surface area (Å²) < 4.78 is 13.0. The number of hydrazone groups is 1. The van der Waals surface area contributed by atoms with Crippen LogP contribution in [-0.4, -0.2) is 41.0 Å². The van der Waals surface area contributed by atoms with E-state index in [0.717, 1.165) is 4.90 Å². The van der Waals surface area contributed by atoms with Gasteiger partial charge in [0.25, 0.3) is 5.91 Å². The number of nitrogens with one attached hydrogen (secondary N) is 2. The molecule has 8 heteroatoms. The highest BCUT2D eigenvalue weighted by Crippen LogP contribution is 2.16. The van der Waals surface area contributed by atoms with Crippen molar-refractivity contribution in [1.82, 2.24) is 15.6 Å². The van der Waals surface area contributed by atoms with Crippen LogP contribution in [0.3, 0.4) is 0 Å². The smallest absolute Gasteiger partial charge is 0.324 e. The molecule has 4 amide bonds. The number of halogens is 1. The van der Waals surface area contributed by atoms with Crippen LogP contribution in [-0.2, 0) is 9.59 Å². The molecule has 1 aliphatic heterocycles. The second kappa shape index (κ2) is 6.55. The molecule has 23 heavy (non-hydrogen) atoms. The third-order valence-electron chi connectivity index (χ3n) is 3.26. The number of benzene rings is 1. The number of carbonyl (C=O) groups excluding carboxylic acids is 3. The van der Waals surface area contributed by atoms with Crippen LogP contribution in [0.4, 0.5) is 9.18 Å². The summed E-state index contributed by atoms with van der Waals surface area (Å²) in [5.74, 6) is -1.23. The van der Waals surface area contributed by atoms with E-state index in [0.29, 0.717) is 5.56 Å². The Morgan fingerprint density at radius 1 is 1.43 bits per heavy atom. The minimum Gasteiger partial charge on any atom is -0.324 e. The molecule has 7 nitrogen and oxygen atoms in total. The zero-order valence-corrected chi connectivity index (χ0v) is 12.8. The third kappa shape index (κ3) is 4.12. The highest BCUT2D eigenvalue weighted by Gasteiger charge is 2.43. The van der Waals surface area contributed by atoms with Crippen LogP contribution in [0.5, 0.6) is 0 Å².